The second-order valence-electron chi connectivity index (χ2n) is 6.69. The Morgan fingerprint density at radius 1 is 0.897 bits per heavy atom. The highest BCUT2D eigenvalue weighted by molar-refractivity contribution is 6.02. The Labute approximate surface area is 168 Å². The van der Waals surface area contributed by atoms with Crippen LogP contribution in [0.4, 0.5) is 22.9 Å². The van der Waals surface area contributed by atoms with Gasteiger partial charge in [-0.05, 0) is 36.4 Å². The fourth-order valence-electron chi connectivity index (χ4n) is 2.89. The van der Waals surface area contributed by atoms with E-state index in [0.717, 1.165) is 22.3 Å². The fraction of sp³-hybridized carbons (Fsp3) is 0.0909. The van der Waals surface area contributed by atoms with Gasteiger partial charge in [0.25, 0.3) is 5.91 Å². The molecule has 4 rings (SSSR count). The van der Waals surface area contributed by atoms with E-state index in [-0.39, 0.29) is 11.6 Å². The Bertz CT molecular complexity index is 1130. The fourth-order valence-corrected chi connectivity index (χ4v) is 2.89. The molecule has 0 aliphatic rings. The monoisotopic (exact) mass is 384 g/mol. The number of nitrogens with zero attached hydrogens (tertiary/aromatic N) is 4. The van der Waals surface area contributed by atoms with Crippen LogP contribution in [0.3, 0.4) is 0 Å². The number of nitrogens with one attached hydrogen (secondary N) is 2. The summed E-state index contributed by atoms with van der Waals surface area (Å²) in [5.41, 5.74) is 3.67. The number of pyridine rings is 1. The highest BCUT2D eigenvalue weighted by Crippen LogP contribution is 2.23. The number of carbonyl (C=O) groups excluding carboxylic acids is 1. The molecule has 0 spiro atoms. The summed E-state index contributed by atoms with van der Waals surface area (Å²) < 4.78 is 0. The third-order valence-corrected chi connectivity index (χ3v) is 4.42. The topological polar surface area (TPSA) is 83.0 Å². The first-order valence-corrected chi connectivity index (χ1v) is 9.12. The van der Waals surface area contributed by atoms with E-state index in [0.29, 0.717) is 11.5 Å². The maximum absolute atomic E-state index is 12.4. The Hall–Kier alpha value is -4.00. The molecule has 2 aromatic carbocycles. The number of hydrogen-bond donors (Lipinski definition) is 2. The number of amides is 1. The Balaban J connectivity index is 1.46. The minimum absolute atomic E-state index is 0.239. The van der Waals surface area contributed by atoms with Gasteiger partial charge in [-0.25, -0.2) is 9.97 Å². The molecular weight excluding hydrogens is 364 g/mol. The van der Waals surface area contributed by atoms with E-state index in [4.69, 9.17) is 0 Å². The summed E-state index contributed by atoms with van der Waals surface area (Å²) in [7, 11) is 3.93. The molecule has 0 bridgehead atoms. The molecule has 0 saturated heterocycles. The van der Waals surface area contributed by atoms with Crippen molar-refractivity contribution < 1.29 is 4.79 Å². The van der Waals surface area contributed by atoms with E-state index in [9.17, 15) is 4.79 Å². The van der Waals surface area contributed by atoms with Crippen LogP contribution in [0.2, 0.25) is 0 Å². The lowest BCUT2D eigenvalue weighted by atomic mass is 10.2. The van der Waals surface area contributed by atoms with Gasteiger partial charge in [0.1, 0.15) is 11.5 Å². The average molecular weight is 384 g/mol. The minimum Gasteiger partial charge on any atom is -0.378 e. The quantitative estimate of drug-likeness (QED) is 0.539. The lowest BCUT2D eigenvalue weighted by molar-refractivity contribution is 0.102. The third kappa shape index (κ3) is 4.14. The average Bonchev–Trinajstić information content (AvgIpc) is 2.75. The maximum atomic E-state index is 12.4. The molecule has 0 fully saturated rings. The molecule has 4 aromatic rings. The van der Waals surface area contributed by atoms with E-state index in [2.05, 4.69) is 25.6 Å². The molecule has 0 unspecified atom stereocenters. The molecular formula is C22H20N6O. The zero-order valence-electron chi connectivity index (χ0n) is 16.1. The number of aromatic nitrogens is 3. The number of anilines is 4. The van der Waals surface area contributed by atoms with Crippen molar-refractivity contribution in [2.24, 2.45) is 0 Å². The van der Waals surface area contributed by atoms with Crippen LogP contribution in [0.5, 0.6) is 0 Å². The molecule has 144 valence electrons. The third-order valence-electron chi connectivity index (χ3n) is 4.42. The van der Waals surface area contributed by atoms with E-state index in [1.165, 1.54) is 12.4 Å². The first-order valence-electron chi connectivity index (χ1n) is 9.12. The first kappa shape index (κ1) is 18.4. The molecule has 0 saturated carbocycles. The number of carbonyl (C=O) groups is 1. The number of rotatable bonds is 5. The zero-order valence-corrected chi connectivity index (χ0v) is 16.1. The summed E-state index contributed by atoms with van der Waals surface area (Å²) >= 11 is 0. The van der Waals surface area contributed by atoms with Crippen LogP contribution in [-0.2, 0) is 0 Å². The second kappa shape index (κ2) is 7.93. The number of para-hydroxylation sites is 1. The van der Waals surface area contributed by atoms with Gasteiger partial charge in [0, 0.05) is 37.1 Å². The summed E-state index contributed by atoms with van der Waals surface area (Å²) in [5, 5.41) is 7.06. The molecule has 2 aromatic heterocycles. The van der Waals surface area contributed by atoms with Crippen molar-refractivity contribution in [1.82, 2.24) is 15.0 Å². The van der Waals surface area contributed by atoms with Crippen LogP contribution in [0.25, 0.3) is 10.9 Å². The normalized spacial score (nSPS) is 10.6. The first-order chi connectivity index (χ1) is 14.1. The van der Waals surface area contributed by atoms with Crippen LogP contribution >= 0.6 is 0 Å². The van der Waals surface area contributed by atoms with Crippen molar-refractivity contribution >= 4 is 39.7 Å². The van der Waals surface area contributed by atoms with Crippen molar-refractivity contribution in [3.05, 3.63) is 78.9 Å². The largest absolute Gasteiger partial charge is 0.378 e. The molecule has 29 heavy (non-hydrogen) atoms. The van der Waals surface area contributed by atoms with Gasteiger partial charge >= 0.3 is 0 Å². The predicted octanol–water partition coefficient (Wildman–Crippen LogP) is 4.09. The van der Waals surface area contributed by atoms with Gasteiger partial charge < -0.3 is 15.5 Å². The number of hydrogen-bond acceptors (Lipinski definition) is 6. The van der Waals surface area contributed by atoms with E-state index in [1.54, 1.807) is 6.20 Å². The van der Waals surface area contributed by atoms with E-state index < -0.39 is 0 Å². The van der Waals surface area contributed by atoms with Gasteiger partial charge in [0.2, 0.25) is 0 Å². The summed E-state index contributed by atoms with van der Waals surface area (Å²) in [6.45, 7) is 0. The number of fused-ring (bicyclic) bond motifs is 1. The zero-order chi connectivity index (χ0) is 20.2. The Morgan fingerprint density at radius 2 is 1.69 bits per heavy atom. The van der Waals surface area contributed by atoms with Crippen molar-refractivity contribution in [1.29, 1.82) is 0 Å². The molecule has 0 atom stereocenters. The van der Waals surface area contributed by atoms with Crippen LogP contribution in [-0.4, -0.2) is 35.0 Å². The molecule has 0 aliphatic carbocycles. The summed E-state index contributed by atoms with van der Waals surface area (Å²) in [6.07, 6.45) is 4.73. The SMILES string of the molecule is CN(C)c1ccc(NC(=O)c2cnc(Nc3cccc4cccnc34)cn2)cc1. The molecule has 2 N–H and O–H groups in total. The van der Waals surface area contributed by atoms with Gasteiger partial charge in [0.05, 0.1) is 23.6 Å². The van der Waals surface area contributed by atoms with E-state index in [1.807, 2.05) is 73.6 Å². The van der Waals surface area contributed by atoms with Gasteiger partial charge in [-0.15, -0.1) is 0 Å². The van der Waals surface area contributed by atoms with Gasteiger partial charge in [-0.3, -0.25) is 9.78 Å². The maximum Gasteiger partial charge on any atom is 0.275 e. The Kier molecular flexibility index (Phi) is 5.03. The van der Waals surface area contributed by atoms with Crippen LogP contribution in [0.15, 0.2) is 73.2 Å². The summed E-state index contributed by atoms with van der Waals surface area (Å²) in [6, 6.07) is 17.3. The van der Waals surface area contributed by atoms with Crippen molar-refractivity contribution in [2.75, 3.05) is 29.6 Å². The molecule has 7 nitrogen and oxygen atoms in total. The summed E-state index contributed by atoms with van der Waals surface area (Å²) in [4.78, 5) is 27.4. The molecule has 0 aliphatic heterocycles. The predicted molar refractivity (Wildman–Crippen MR) is 116 cm³/mol. The highest BCUT2D eigenvalue weighted by atomic mass is 16.1. The summed E-state index contributed by atoms with van der Waals surface area (Å²) in [5.74, 6) is 0.225. The smallest absolute Gasteiger partial charge is 0.275 e. The molecule has 2 heterocycles. The molecule has 1 amide bonds. The van der Waals surface area contributed by atoms with Crippen LogP contribution in [0.1, 0.15) is 10.5 Å². The minimum atomic E-state index is -0.312. The van der Waals surface area contributed by atoms with Crippen LogP contribution in [0, 0.1) is 0 Å². The van der Waals surface area contributed by atoms with Gasteiger partial charge in [-0.2, -0.15) is 0 Å². The van der Waals surface area contributed by atoms with Crippen molar-refractivity contribution in [3.8, 4) is 0 Å². The standard InChI is InChI=1S/C22H20N6O/c1-28(2)17-10-8-16(9-11-17)26-22(29)19-13-25-20(14-24-19)27-18-7-3-5-15-6-4-12-23-21(15)18/h3-14H,1-2H3,(H,25,27)(H,26,29). The van der Waals surface area contributed by atoms with Gasteiger partial charge in [0.15, 0.2) is 0 Å². The lowest BCUT2D eigenvalue weighted by Gasteiger charge is -2.13. The number of benzene rings is 2. The molecule has 7 heteroatoms. The van der Waals surface area contributed by atoms with Crippen molar-refractivity contribution in [3.63, 3.8) is 0 Å². The van der Waals surface area contributed by atoms with Crippen LogP contribution < -0.4 is 15.5 Å². The second-order valence-corrected chi connectivity index (χ2v) is 6.69. The highest BCUT2D eigenvalue weighted by Gasteiger charge is 2.10. The lowest BCUT2D eigenvalue weighted by Crippen LogP contribution is -2.14. The van der Waals surface area contributed by atoms with Crippen molar-refractivity contribution in [2.45, 2.75) is 0 Å². The van der Waals surface area contributed by atoms with Gasteiger partial charge in [-0.1, -0.05) is 18.2 Å². The Morgan fingerprint density at radius 3 is 2.41 bits per heavy atom. The van der Waals surface area contributed by atoms with E-state index >= 15 is 0 Å². The molecule has 0 radical (unpaired) electrons.